The van der Waals surface area contributed by atoms with Crippen LogP contribution in [0.4, 0.5) is 13.2 Å². The largest absolute Gasteiger partial charge is 0.401 e. The van der Waals surface area contributed by atoms with Crippen molar-refractivity contribution in [3.8, 4) is 0 Å². The van der Waals surface area contributed by atoms with E-state index in [0.29, 0.717) is 32.5 Å². The molecule has 1 atom stereocenters. The summed E-state index contributed by atoms with van der Waals surface area (Å²) in [5, 5.41) is 10.9. The van der Waals surface area contributed by atoms with Gasteiger partial charge in [-0.2, -0.15) is 23.1 Å². The van der Waals surface area contributed by atoms with Crippen LogP contribution in [0, 0.1) is 5.92 Å². The Morgan fingerprint density at radius 3 is 2.61 bits per heavy atom. The zero-order valence-corrected chi connectivity index (χ0v) is 13.3. The highest BCUT2D eigenvalue weighted by atomic mass is 19.4. The molecule has 1 N–H and O–H groups in total. The van der Waals surface area contributed by atoms with Crippen molar-refractivity contribution in [2.24, 2.45) is 5.92 Å². The highest BCUT2D eigenvalue weighted by Gasteiger charge is 2.33. The lowest BCUT2D eigenvalue weighted by Gasteiger charge is -2.35. The van der Waals surface area contributed by atoms with E-state index in [1.165, 1.54) is 15.9 Å². The van der Waals surface area contributed by atoms with Gasteiger partial charge in [0.2, 0.25) is 0 Å². The summed E-state index contributed by atoms with van der Waals surface area (Å²) in [5.41, 5.74) is 0.258. The van der Waals surface area contributed by atoms with Crippen LogP contribution < -0.4 is 5.32 Å². The number of nitrogens with one attached hydrogen (secondary N) is 1. The van der Waals surface area contributed by atoms with Crippen molar-refractivity contribution < 1.29 is 18.0 Å². The van der Waals surface area contributed by atoms with Crippen molar-refractivity contribution in [2.75, 3.05) is 19.6 Å². The molecular weight excluding hydrogens is 311 g/mol. The predicted molar refractivity (Wildman–Crippen MR) is 77.8 cm³/mol. The van der Waals surface area contributed by atoms with Gasteiger partial charge >= 0.3 is 6.18 Å². The molecule has 1 saturated heterocycles. The molecule has 9 heteroatoms. The van der Waals surface area contributed by atoms with Crippen molar-refractivity contribution >= 4 is 5.91 Å². The summed E-state index contributed by atoms with van der Waals surface area (Å²) >= 11 is 0. The number of amides is 1. The van der Waals surface area contributed by atoms with Gasteiger partial charge in [-0.05, 0) is 45.7 Å². The molecule has 2 rings (SSSR count). The number of likely N-dealkylation sites (tertiary alicyclic amines) is 1. The summed E-state index contributed by atoms with van der Waals surface area (Å²) in [6, 6.07) is -0.109. The van der Waals surface area contributed by atoms with E-state index in [4.69, 9.17) is 0 Å². The molecule has 0 bridgehead atoms. The third-order valence-electron chi connectivity index (χ3n) is 4.15. The molecule has 0 aromatic carbocycles. The minimum absolute atomic E-state index is 0.109. The number of nitrogens with zero attached hydrogens (tertiary/aromatic N) is 4. The Kier molecular flexibility index (Phi) is 5.61. The highest BCUT2D eigenvalue weighted by Crippen LogP contribution is 2.24. The van der Waals surface area contributed by atoms with Gasteiger partial charge < -0.3 is 5.32 Å². The van der Waals surface area contributed by atoms with Gasteiger partial charge in [0.1, 0.15) is 0 Å². The van der Waals surface area contributed by atoms with E-state index in [-0.39, 0.29) is 23.6 Å². The Bertz CT molecular complexity index is 523. The zero-order chi connectivity index (χ0) is 17.0. The van der Waals surface area contributed by atoms with Gasteiger partial charge in [0.05, 0.1) is 19.3 Å². The van der Waals surface area contributed by atoms with E-state index >= 15 is 0 Å². The summed E-state index contributed by atoms with van der Waals surface area (Å²) in [7, 11) is 0. The quantitative estimate of drug-likeness (QED) is 0.891. The molecular formula is C14H22F3N5O. The molecule has 0 saturated carbocycles. The first-order valence-electron chi connectivity index (χ1n) is 7.78. The van der Waals surface area contributed by atoms with E-state index < -0.39 is 12.7 Å². The Morgan fingerprint density at radius 2 is 2.09 bits per heavy atom. The molecule has 23 heavy (non-hydrogen) atoms. The molecule has 1 aromatic rings. The maximum absolute atomic E-state index is 12.4. The van der Waals surface area contributed by atoms with Crippen molar-refractivity contribution in [1.29, 1.82) is 0 Å². The molecule has 0 spiro atoms. The van der Waals surface area contributed by atoms with Crippen LogP contribution >= 0.6 is 0 Å². The van der Waals surface area contributed by atoms with Crippen molar-refractivity contribution in [3.05, 3.63) is 11.9 Å². The molecule has 0 radical (unpaired) electrons. The van der Waals surface area contributed by atoms with Crippen LogP contribution in [-0.2, 0) is 6.54 Å². The smallest absolute Gasteiger partial charge is 0.348 e. The van der Waals surface area contributed by atoms with Gasteiger partial charge in [0, 0.05) is 6.04 Å². The first-order valence-corrected chi connectivity index (χ1v) is 7.78. The van der Waals surface area contributed by atoms with Crippen LogP contribution in [0.1, 0.15) is 37.2 Å². The van der Waals surface area contributed by atoms with Crippen molar-refractivity contribution in [3.63, 3.8) is 0 Å². The molecule has 1 aliphatic rings. The second kappa shape index (κ2) is 7.29. The summed E-state index contributed by atoms with van der Waals surface area (Å²) in [6.45, 7) is 4.28. The SMILES string of the molecule is CCn1ncc(C(=O)NC(C)C2CCN(CC(F)(F)F)CC2)n1. The van der Waals surface area contributed by atoms with Crippen molar-refractivity contribution in [2.45, 2.75) is 45.5 Å². The molecule has 1 fully saturated rings. The maximum Gasteiger partial charge on any atom is 0.401 e. The third kappa shape index (κ3) is 5.19. The van der Waals surface area contributed by atoms with E-state index in [1.54, 1.807) is 0 Å². The third-order valence-corrected chi connectivity index (χ3v) is 4.15. The fraction of sp³-hybridized carbons (Fsp3) is 0.786. The topological polar surface area (TPSA) is 63.1 Å². The first-order chi connectivity index (χ1) is 10.8. The van der Waals surface area contributed by atoms with Crippen LogP contribution in [0.5, 0.6) is 0 Å². The number of hydrogen-bond acceptors (Lipinski definition) is 4. The van der Waals surface area contributed by atoms with Gasteiger partial charge in [-0.1, -0.05) is 0 Å². The van der Waals surface area contributed by atoms with Crippen molar-refractivity contribution in [1.82, 2.24) is 25.2 Å². The van der Waals surface area contributed by atoms with Gasteiger partial charge in [0.15, 0.2) is 5.69 Å². The number of piperidine rings is 1. The number of carbonyl (C=O) groups is 1. The van der Waals surface area contributed by atoms with Crippen LogP contribution in [0.15, 0.2) is 6.20 Å². The normalized spacial score (nSPS) is 18.8. The number of rotatable bonds is 5. The Morgan fingerprint density at radius 1 is 1.43 bits per heavy atom. The lowest BCUT2D eigenvalue weighted by atomic mass is 9.90. The lowest BCUT2D eigenvalue weighted by Crippen LogP contribution is -2.46. The zero-order valence-electron chi connectivity index (χ0n) is 13.3. The predicted octanol–water partition coefficient (Wildman–Crippen LogP) is 1.69. The van der Waals surface area contributed by atoms with Gasteiger partial charge in [-0.15, -0.1) is 5.10 Å². The minimum atomic E-state index is -4.15. The van der Waals surface area contributed by atoms with Gasteiger partial charge in [0.25, 0.3) is 5.91 Å². The second-order valence-corrected chi connectivity index (χ2v) is 5.91. The van der Waals surface area contributed by atoms with Crippen LogP contribution in [0.3, 0.4) is 0 Å². The van der Waals surface area contributed by atoms with Gasteiger partial charge in [-0.3, -0.25) is 9.69 Å². The summed E-state index contributed by atoms with van der Waals surface area (Å²) in [5.74, 6) is -0.125. The minimum Gasteiger partial charge on any atom is -0.348 e. The first kappa shape index (κ1) is 17.7. The summed E-state index contributed by atoms with van der Waals surface area (Å²) in [6.07, 6.45) is -1.46. The lowest BCUT2D eigenvalue weighted by molar-refractivity contribution is -0.148. The van der Waals surface area contributed by atoms with E-state index in [0.717, 1.165) is 0 Å². The van der Waals surface area contributed by atoms with Crippen LogP contribution in [-0.4, -0.2) is 57.7 Å². The number of hydrogen-bond donors (Lipinski definition) is 1. The standard InChI is InChI=1S/C14H22F3N5O/c1-3-22-18-8-12(20-22)13(23)19-10(2)11-4-6-21(7-5-11)9-14(15,16)17/h8,10-11H,3-7,9H2,1-2H3,(H,19,23). The highest BCUT2D eigenvalue weighted by molar-refractivity contribution is 5.92. The monoisotopic (exact) mass is 333 g/mol. The number of alkyl halides is 3. The molecule has 1 aromatic heterocycles. The van der Waals surface area contributed by atoms with E-state index in [9.17, 15) is 18.0 Å². The second-order valence-electron chi connectivity index (χ2n) is 5.91. The average Bonchev–Trinajstić information content (AvgIpc) is 2.95. The van der Waals surface area contributed by atoms with E-state index in [1.807, 2.05) is 13.8 Å². The van der Waals surface area contributed by atoms with E-state index in [2.05, 4.69) is 15.5 Å². The van der Waals surface area contributed by atoms with Gasteiger partial charge in [-0.25, -0.2) is 0 Å². The number of carbonyl (C=O) groups excluding carboxylic acids is 1. The number of aromatic nitrogens is 3. The fourth-order valence-electron chi connectivity index (χ4n) is 2.82. The molecule has 0 aliphatic carbocycles. The molecule has 6 nitrogen and oxygen atoms in total. The summed E-state index contributed by atoms with van der Waals surface area (Å²) < 4.78 is 37.1. The maximum atomic E-state index is 12.4. The Balaban J connectivity index is 1.80. The molecule has 1 aliphatic heterocycles. The molecule has 2 heterocycles. The van der Waals surface area contributed by atoms with Crippen LogP contribution in [0.2, 0.25) is 0 Å². The Labute approximate surface area is 133 Å². The molecule has 1 unspecified atom stereocenters. The Hall–Kier alpha value is -1.64. The summed E-state index contributed by atoms with van der Waals surface area (Å²) in [4.78, 5) is 14.9. The average molecular weight is 333 g/mol. The fourth-order valence-corrected chi connectivity index (χ4v) is 2.82. The number of halogens is 3. The van der Waals surface area contributed by atoms with Crippen LogP contribution in [0.25, 0.3) is 0 Å². The molecule has 1 amide bonds. The number of aryl methyl sites for hydroxylation is 1. The molecule has 130 valence electrons.